The van der Waals surface area contributed by atoms with Crippen LogP contribution in [0.15, 0.2) is 30.6 Å². The van der Waals surface area contributed by atoms with Gasteiger partial charge in [-0.1, -0.05) is 12.1 Å². The summed E-state index contributed by atoms with van der Waals surface area (Å²) in [5.41, 5.74) is -0.434. The summed E-state index contributed by atoms with van der Waals surface area (Å²) >= 11 is 0. The van der Waals surface area contributed by atoms with Crippen LogP contribution < -0.4 is 5.32 Å². The molecule has 0 saturated heterocycles. The Labute approximate surface area is 119 Å². The van der Waals surface area contributed by atoms with E-state index in [1.54, 1.807) is 31.2 Å². The number of hydrogen-bond acceptors (Lipinski definition) is 2. The normalized spacial score (nSPS) is 13.4. The average molecular weight is 301 g/mol. The molecule has 0 aliphatic heterocycles. The lowest BCUT2D eigenvalue weighted by Gasteiger charge is -2.19. The molecule has 0 amide bonds. The van der Waals surface area contributed by atoms with E-state index < -0.39 is 23.6 Å². The van der Waals surface area contributed by atoms with Crippen LogP contribution in [-0.2, 0) is 19.6 Å². The Bertz CT molecular complexity index is 619. The summed E-state index contributed by atoms with van der Waals surface area (Å²) in [6, 6.07) is 2.77. The second-order valence-corrected chi connectivity index (χ2v) is 4.77. The zero-order valence-electron chi connectivity index (χ0n) is 11.6. The van der Waals surface area contributed by atoms with Crippen molar-refractivity contribution in [3.8, 4) is 0 Å². The summed E-state index contributed by atoms with van der Waals surface area (Å²) in [6.07, 6.45) is -0.999. The van der Waals surface area contributed by atoms with E-state index in [1.807, 2.05) is 0 Å². The molecule has 21 heavy (non-hydrogen) atoms. The third-order valence-corrected chi connectivity index (χ3v) is 3.26. The van der Waals surface area contributed by atoms with Crippen molar-refractivity contribution in [3.05, 3.63) is 53.1 Å². The van der Waals surface area contributed by atoms with E-state index in [0.717, 1.165) is 11.6 Å². The molecular weight excluding hydrogens is 286 g/mol. The number of alkyl halides is 3. The quantitative estimate of drug-likeness (QED) is 0.880. The highest BCUT2D eigenvalue weighted by Gasteiger charge is 2.35. The summed E-state index contributed by atoms with van der Waals surface area (Å²) in [7, 11) is 3.32. The lowest BCUT2D eigenvalue weighted by molar-refractivity contribution is -0.140. The highest BCUT2D eigenvalue weighted by Crippen LogP contribution is 2.34. The smallest absolute Gasteiger partial charge is 0.313 e. The van der Waals surface area contributed by atoms with E-state index in [9.17, 15) is 17.6 Å². The second-order valence-electron chi connectivity index (χ2n) is 4.77. The van der Waals surface area contributed by atoms with Crippen LogP contribution in [0, 0.1) is 5.82 Å². The molecule has 1 heterocycles. The van der Waals surface area contributed by atoms with Crippen molar-refractivity contribution < 1.29 is 17.6 Å². The summed E-state index contributed by atoms with van der Waals surface area (Å²) in [5, 5.41) is 6.84. The number of likely N-dealkylation sites (N-methyl/N-ethyl adjacent to an activating group) is 1. The maximum absolute atomic E-state index is 14.1. The number of nitrogens with zero attached hydrogens (tertiary/aromatic N) is 2. The van der Waals surface area contributed by atoms with Gasteiger partial charge in [0.05, 0.1) is 11.8 Å². The van der Waals surface area contributed by atoms with Gasteiger partial charge in [0, 0.05) is 24.8 Å². The van der Waals surface area contributed by atoms with Crippen LogP contribution >= 0.6 is 0 Å². The first kappa shape index (κ1) is 15.5. The number of benzene rings is 1. The van der Waals surface area contributed by atoms with Gasteiger partial charge in [-0.15, -0.1) is 0 Å². The molecule has 0 aliphatic carbocycles. The van der Waals surface area contributed by atoms with Crippen LogP contribution in [0.4, 0.5) is 17.6 Å². The summed E-state index contributed by atoms with van der Waals surface area (Å²) < 4.78 is 54.0. The Morgan fingerprint density at radius 2 is 2.05 bits per heavy atom. The van der Waals surface area contributed by atoms with Gasteiger partial charge in [0.2, 0.25) is 0 Å². The maximum atomic E-state index is 14.1. The summed E-state index contributed by atoms with van der Waals surface area (Å²) in [4.78, 5) is 0. The lowest BCUT2D eigenvalue weighted by Crippen LogP contribution is -2.21. The van der Waals surface area contributed by atoms with Crippen LogP contribution in [0.3, 0.4) is 0 Å². The molecule has 3 nitrogen and oxygen atoms in total. The molecule has 0 spiro atoms. The van der Waals surface area contributed by atoms with Crippen molar-refractivity contribution in [2.24, 2.45) is 7.05 Å². The lowest BCUT2D eigenvalue weighted by atomic mass is 9.98. The third kappa shape index (κ3) is 3.41. The molecule has 0 aliphatic rings. The van der Waals surface area contributed by atoms with Crippen LogP contribution in [0.25, 0.3) is 0 Å². The largest absolute Gasteiger partial charge is 0.419 e. The Balaban J connectivity index is 2.34. The minimum absolute atomic E-state index is 0.00354. The SMILES string of the molecule is CNC(Cc1cnn(C)c1)c1cccc(C(F)(F)F)c1F. The zero-order chi connectivity index (χ0) is 15.6. The highest BCUT2D eigenvalue weighted by atomic mass is 19.4. The Hall–Kier alpha value is -1.89. The van der Waals surface area contributed by atoms with Crippen LogP contribution in [0.2, 0.25) is 0 Å². The average Bonchev–Trinajstić information content (AvgIpc) is 2.81. The standard InChI is InChI=1S/C14H15F4N3/c1-19-12(6-9-7-20-21(2)8-9)10-4-3-5-11(13(10)15)14(16,17)18/h3-5,7-8,12,19H,6H2,1-2H3. The molecule has 2 rings (SSSR count). The predicted molar refractivity (Wildman–Crippen MR) is 70.1 cm³/mol. The van der Waals surface area contributed by atoms with Gasteiger partial charge in [-0.25, -0.2) is 4.39 Å². The maximum Gasteiger partial charge on any atom is 0.419 e. The number of rotatable bonds is 4. The minimum atomic E-state index is -4.70. The molecule has 1 unspecified atom stereocenters. The number of hydrogen-bond donors (Lipinski definition) is 1. The van der Waals surface area contributed by atoms with Gasteiger partial charge in [-0.3, -0.25) is 4.68 Å². The Morgan fingerprint density at radius 1 is 1.33 bits per heavy atom. The van der Waals surface area contributed by atoms with Crippen molar-refractivity contribution in [1.29, 1.82) is 0 Å². The fourth-order valence-electron chi connectivity index (χ4n) is 2.22. The molecule has 1 atom stereocenters. The molecule has 0 saturated carbocycles. The second kappa shape index (κ2) is 5.85. The van der Waals surface area contributed by atoms with Crippen molar-refractivity contribution in [1.82, 2.24) is 15.1 Å². The molecule has 7 heteroatoms. The first-order valence-electron chi connectivity index (χ1n) is 6.33. The number of aromatic nitrogens is 2. The molecule has 0 radical (unpaired) electrons. The summed E-state index contributed by atoms with van der Waals surface area (Å²) in [6.45, 7) is 0. The Morgan fingerprint density at radius 3 is 2.57 bits per heavy atom. The van der Waals surface area contributed by atoms with Gasteiger partial charge in [0.25, 0.3) is 0 Å². The third-order valence-electron chi connectivity index (χ3n) is 3.26. The van der Waals surface area contributed by atoms with Gasteiger partial charge in [0.1, 0.15) is 5.82 Å². The van der Waals surface area contributed by atoms with Gasteiger partial charge >= 0.3 is 6.18 Å². The predicted octanol–water partition coefficient (Wildman–Crippen LogP) is 3.08. The van der Waals surface area contributed by atoms with Gasteiger partial charge in [-0.2, -0.15) is 18.3 Å². The monoisotopic (exact) mass is 301 g/mol. The van der Waals surface area contributed by atoms with E-state index in [2.05, 4.69) is 10.4 Å². The fraction of sp³-hybridized carbons (Fsp3) is 0.357. The van der Waals surface area contributed by atoms with Crippen molar-refractivity contribution >= 4 is 0 Å². The first-order chi connectivity index (χ1) is 9.82. The van der Waals surface area contributed by atoms with E-state index in [-0.39, 0.29) is 5.56 Å². The van der Waals surface area contributed by atoms with E-state index in [1.165, 1.54) is 12.1 Å². The minimum Gasteiger partial charge on any atom is -0.313 e. The molecule has 1 N–H and O–H groups in total. The molecule has 1 aromatic heterocycles. The van der Waals surface area contributed by atoms with Gasteiger partial charge < -0.3 is 5.32 Å². The van der Waals surface area contributed by atoms with E-state index >= 15 is 0 Å². The van der Waals surface area contributed by atoms with E-state index in [4.69, 9.17) is 0 Å². The molecule has 1 aromatic carbocycles. The van der Waals surface area contributed by atoms with Crippen LogP contribution in [0.5, 0.6) is 0 Å². The molecular formula is C14H15F4N3. The van der Waals surface area contributed by atoms with Crippen molar-refractivity contribution in [2.45, 2.75) is 18.6 Å². The molecule has 0 bridgehead atoms. The fourth-order valence-corrected chi connectivity index (χ4v) is 2.22. The van der Waals surface area contributed by atoms with Crippen LogP contribution in [0.1, 0.15) is 22.7 Å². The number of nitrogens with one attached hydrogen (secondary N) is 1. The number of halogens is 4. The number of aryl methyl sites for hydroxylation is 1. The van der Waals surface area contributed by atoms with E-state index in [0.29, 0.717) is 6.42 Å². The topological polar surface area (TPSA) is 29.9 Å². The first-order valence-corrected chi connectivity index (χ1v) is 6.33. The van der Waals surface area contributed by atoms with Crippen molar-refractivity contribution in [3.63, 3.8) is 0 Å². The molecule has 0 fully saturated rings. The van der Waals surface area contributed by atoms with Crippen LogP contribution in [-0.4, -0.2) is 16.8 Å². The van der Waals surface area contributed by atoms with Crippen molar-refractivity contribution in [2.75, 3.05) is 7.05 Å². The highest BCUT2D eigenvalue weighted by molar-refractivity contribution is 5.31. The Kier molecular flexibility index (Phi) is 4.32. The molecule has 114 valence electrons. The zero-order valence-corrected chi connectivity index (χ0v) is 11.6. The van der Waals surface area contributed by atoms with Gasteiger partial charge in [-0.05, 0) is 25.1 Å². The summed E-state index contributed by atoms with van der Waals surface area (Å²) in [5.74, 6) is -1.23. The van der Waals surface area contributed by atoms with Gasteiger partial charge in [0.15, 0.2) is 0 Å². The molecule has 2 aromatic rings.